The van der Waals surface area contributed by atoms with Gasteiger partial charge in [-0.2, -0.15) is 0 Å². The normalized spacial score (nSPS) is 26.9. The van der Waals surface area contributed by atoms with Gasteiger partial charge in [-0.3, -0.25) is 9.59 Å². The summed E-state index contributed by atoms with van der Waals surface area (Å²) in [5.74, 6) is -0.827. The zero-order valence-corrected chi connectivity index (χ0v) is 14.2. The van der Waals surface area contributed by atoms with Crippen LogP contribution in [0.15, 0.2) is 48.5 Å². The van der Waals surface area contributed by atoms with Crippen LogP contribution in [0.2, 0.25) is 0 Å². The smallest absolute Gasteiger partial charge is 0.237 e. The number of para-hydroxylation sites is 1. The Kier molecular flexibility index (Phi) is 3.53. The highest BCUT2D eigenvalue weighted by Crippen LogP contribution is 2.46. The van der Waals surface area contributed by atoms with Gasteiger partial charge in [0.2, 0.25) is 11.8 Å². The van der Waals surface area contributed by atoms with Gasteiger partial charge >= 0.3 is 0 Å². The summed E-state index contributed by atoms with van der Waals surface area (Å²) in [6.45, 7) is 3.81. The van der Waals surface area contributed by atoms with Crippen molar-refractivity contribution in [2.45, 2.75) is 31.9 Å². The molecule has 1 saturated heterocycles. The fourth-order valence-corrected chi connectivity index (χ4v) is 3.83. The molecule has 0 aliphatic carbocycles. The molecule has 0 spiro atoms. The Morgan fingerprint density at radius 2 is 2.04 bits per heavy atom. The molecule has 0 unspecified atom stereocenters. The summed E-state index contributed by atoms with van der Waals surface area (Å²) in [7, 11) is 0. The van der Waals surface area contributed by atoms with Crippen molar-refractivity contribution < 1.29 is 14.3 Å². The monoisotopic (exact) mass is 336 g/mol. The van der Waals surface area contributed by atoms with Gasteiger partial charge in [-0.25, -0.2) is 0 Å². The molecule has 128 valence electrons. The van der Waals surface area contributed by atoms with E-state index in [4.69, 9.17) is 4.74 Å². The summed E-state index contributed by atoms with van der Waals surface area (Å²) in [5.41, 5.74) is 1.90. The van der Waals surface area contributed by atoms with Crippen LogP contribution in [-0.4, -0.2) is 17.5 Å². The minimum Gasteiger partial charge on any atom is -0.468 e. The summed E-state index contributed by atoms with van der Waals surface area (Å²) in [5, 5.41) is 5.76. The molecule has 25 heavy (non-hydrogen) atoms. The average molecular weight is 336 g/mol. The fourth-order valence-electron chi connectivity index (χ4n) is 3.83. The van der Waals surface area contributed by atoms with Crippen molar-refractivity contribution in [3.05, 3.63) is 59.7 Å². The van der Waals surface area contributed by atoms with E-state index >= 15 is 0 Å². The first-order valence-corrected chi connectivity index (χ1v) is 8.43. The number of anilines is 1. The van der Waals surface area contributed by atoms with Crippen LogP contribution in [0.1, 0.15) is 30.4 Å². The van der Waals surface area contributed by atoms with E-state index in [-0.39, 0.29) is 17.7 Å². The van der Waals surface area contributed by atoms with Gasteiger partial charge < -0.3 is 15.4 Å². The molecule has 5 heteroatoms. The standard InChI is InChI=1S/C20H20N2O3/c1-12-6-5-7-13(10-12)21-18(23)17-15-11-20(2,22-19(17)24)25-16-9-4-3-8-14(15)16/h3-10,15,17H,11H2,1-2H3,(H,21,23)(H,22,24)/t15-,17-,20-/m1/s1. The third kappa shape index (κ3) is 2.76. The SMILES string of the molecule is Cc1cccc(NC(=O)[C@@H]2C(=O)N[C@@]3(C)C[C@@H]2c2ccccc2O3)c1. The summed E-state index contributed by atoms with van der Waals surface area (Å²) in [6.07, 6.45) is 0.571. The minimum atomic E-state index is -0.779. The van der Waals surface area contributed by atoms with Crippen molar-refractivity contribution in [1.29, 1.82) is 0 Å². The number of benzene rings is 2. The van der Waals surface area contributed by atoms with Gasteiger partial charge in [-0.05, 0) is 43.2 Å². The number of amides is 2. The van der Waals surface area contributed by atoms with Crippen LogP contribution in [0.5, 0.6) is 5.75 Å². The molecule has 2 aliphatic heterocycles. The predicted molar refractivity (Wildman–Crippen MR) is 94.3 cm³/mol. The number of hydrogen-bond acceptors (Lipinski definition) is 3. The van der Waals surface area contributed by atoms with E-state index in [9.17, 15) is 9.59 Å². The second kappa shape index (κ2) is 5.62. The van der Waals surface area contributed by atoms with Gasteiger partial charge in [-0.15, -0.1) is 0 Å². The van der Waals surface area contributed by atoms with Crippen molar-refractivity contribution in [3.8, 4) is 5.75 Å². The third-order valence-electron chi connectivity index (χ3n) is 4.90. The number of aryl methyl sites for hydroxylation is 1. The quantitative estimate of drug-likeness (QED) is 0.829. The van der Waals surface area contributed by atoms with Crippen LogP contribution in [0.4, 0.5) is 5.69 Å². The molecule has 4 rings (SSSR count). The number of nitrogens with one attached hydrogen (secondary N) is 2. The second-order valence-corrected chi connectivity index (χ2v) is 7.01. The Bertz CT molecular complexity index is 864. The number of fused-ring (bicyclic) bond motifs is 4. The number of carbonyl (C=O) groups excluding carboxylic acids is 2. The Morgan fingerprint density at radius 3 is 2.84 bits per heavy atom. The number of piperidine rings is 1. The maximum atomic E-state index is 12.9. The van der Waals surface area contributed by atoms with Crippen LogP contribution >= 0.6 is 0 Å². The van der Waals surface area contributed by atoms with Crippen LogP contribution in [0.25, 0.3) is 0 Å². The lowest BCUT2D eigenvalue weighted by Gasteiger charge is -2.46. The van der Waals surface area contributed by atoms with Crippen molar-refractivity contribution in [2.24, 2.45) is 5.92 Å². The number of ether oxygens (including phenoxy) is 1. The van der Waals surface area contributed by atoms with Crippen molar-refractivity contribution in [3.63, 3.8) is 0 Å². The first-order chi connectivity index (χ1) is 12.0. The molecule has 2 N–H and O–H groups in total. The molecule has 0 saturated carbocycles. The third-order valence-corrected chi connectivity index (χ3v) is 4.90. The van der Waals surface area contributed by atoms with E-state index < -0.39 is 11.6 Å². The molecule has 1 fully saturated rings. The van der Waals surface area contributed by atoms with E-state index in [1.165, 1.54) is 0 Å². The molecule has 2 bridgehead atoms. The highest BCUT2D eigenvalue weighted by molar-refractivity contribution is 6.08. The lowest BCUT2D eigenvalue weighted by molar-refractivity contribution is -0.145. The molecule has 0 aromatic heterocycles. The first-order valence-electron chi connectivity index (χ1n) is 8.43. The molecule has 5 nitrogen and oxygen atoms in total. The van der Waals surface area contributed by atoms with Crippen molar-refractivity contribution in [1.82, 2.24) is 5.32 Å². The highest BCUT2D eigenvalue weighted by atomic mass is 16.5. The van der Waals surface area contributed by atoms with Gasteiger partial charge in [0.1, 0.15) is 11.7 Å². The lowest BCUT2D eigenvalue weighted by atomic mass is 9.74. The molecule has 3 atom stereocenters. The molecule has 2 amide bonds. The topological polar surface area (TPSA) is 67.4 Å². The second-order valence-electron chi connectivity index (χ2n) is 7.01. The number of rotatable bonds is 2. The molecule has 0 radical (unpaired) electrons. The first kappa shape index (κ1) is 15.7. The zero-order valence-electron chi connectivity index (χ0n) is 14.2. The molecular formula is C20H20N2O3. The minimum absolute atomic E-state index is 0.200. The predicted octanol–water partition coefficient (Wildman–Crippen LogP) is 2.96. The Balaban J connectivity index is 1.67. The van der Waals surface area contributed by atoms with Crippen molar-refractivity contribution >= 4 is 17.5 Å². The number of hydrogen-bond donors (Lipinski definition) is 2. The van der Waals surface area contributed by atoms with Crippen LogP contribution in [-0.2, 0) is 9.59 Å². The van der Waals surface area contributed by atoms with E-state index in [1.54, 1.807) is 0 Å². The van der Waals surface area contributed by atoms with Gasteiger partial charge in [0.25, 0.3) is 0 Å². The largest absolute Gasteiger partial charge is 0.468 e. The molecule has 2 heterocycles. The van der Waals surface area contributed by atoms with Crippen molar-refractivity contribution in [2.75, 3.05) is 5.32 Å². The fraction of sp³-hybridized carbons (Fsp3) is 0.300. The molecule has 2 aromatic rings. The van der Waals surface area contributed by atoms with Gasteiger partial charge in [0.15, 0.2) is 5.72 Å². The summed E-state index contributed by atoms with van der Waals surface area (Å²) < 4.78 is 5.96. The molecular weight excluding hydrogens is 316 g/mol. The maximum absolute atomic E-state index is 12.9. The molecule has 2 aliphatic rings. The average Bonchev–Trinajstić information content (AvgIpc) is 2.53. The lowest BCUT2D eigenvalue weighted by Crippen LogP contribution is -2.62. The van der Waals surface area contributed by atoms with E-state index in [0.717, 1.165) is 16.9 Å². The number of carbonyl (C=O) groups is 2. The van der Waals surface area contributed by atoms with Crippen LogP contribution in [0.3, 0.4) is 0 Å². The van der Waals surface area contributed by atoms with E-state index in [1.807, 2.05) is 62.4 Å². The zero-order chi connectivity index (χ0) is 17.6. The van der Waals surface area contributed by atoms with Gasteiger partial charge in [0, 0.05) is 18.0 Å². The Hall–Kier alpha value is -2.82. The van der Waals surface area contributed by atoms with E-state index in [0.29, 0.717) is 12.1 Å². The Labute approximate surface area is 146 Å². The summed E-state index contributed by atoms with van der Waals surface area (Å²) >= 11 is 0. The highest BCUT2D eigenvalue weighted by Gasteiger charge is 2.51. The maximum Gasteiger partial charge on any atom is 0.237 e. The van der Waals surface area contributed by atoms with Gasteiger partial charge in [-0.1, -0.05) is 30.3 Å². The Morgan fingerprint density at radius 1 is 1.24 bits per heavy atom. The van der Waals surface area contributed by atoms with Gasteiger partial charge in [0.05, 0.1) is 0 Å². The van der Waals surface area contributed by atoms with E-state index in [2.05, 4.69) is 10.6 Å². The molecule has 2 aromatic carbocycles. The van der Waals surface area contributed by atoms with Crippen LogP contribution in [0, 0.1) is 12.8 Å². The summed E-state index contributed by atoms with van der Waals surface area (Å²) in [4.78, 5) is 25.6. The summed E-state index contributed by atoms with van der Waals surface area (Å²) in [6, 6.07) is 15.2. The van der Waals surface area contributed by atoms with Crippen LogP contribution < -0.4 is 15.4 Å².